The van der Waals surface area contributed by atoms with Crippen LogP contribution in [0, 0.1) is 5.92 Å². The van der Waals surface area contributed by atoms with Gasteiger partial charge in [0.25, 0.3) is 0 Å². The van der Waals surface area contributed by atoms with Crippen molar-refractivity contribution in [2.75, 3.05) is 6.54 Å². The zero-order valence-electron chi connectivity index (χ0n) is 9.97. The van der Waals surface area contributed by atoms with Gasteiger partial charge in [-0.25, -0.2) is 0 Å². The number of unbranched alkanes of at least 4 members (excludes halogenated alkanes) is 4. The van der Waals surface area contributed by atoms with Gasteiger partial charge in [0, 0.05) is 6.04 Å². The Morgan fingerprint density at radius 1 is 1.00 bits per heavy atom. The summed E-state index contributed by atoms with van der Waals surface area (Å²) in [5.74, 6) is 0.680. The average Bonchev–Trinajstić information content (AvgIpc) is 2.21. The van der Waals surface area contributed by atoms with E-state index in [0.717, 1.165) is 6.54 Å². The lowest BCUT2D eigenvalue weighted by atomic mass is 9.95. The van der Waals surface area contributed by atoms with Crippen LogP contribution < -0.4 is 11.5 Å². The number of hydrogen-bond donors (Lipinski definition) is 2. The summed E-state index contributed by atoms with van der Waals surface area (Å²) in [6, 6.07) is 0.412. The van der Waals surface area contributed by atoms with Crippen LogP contribution in [0.1, 0.15) is 58.8 Å². The van der Waals surface area contributed by atoms with Gasteiger partial charge in [0.05, 0.1) is 0 Å². The first-order valence-electron chi connectivity index (χ1n) is 6.18. The van der Waals surface area contributed by atoms with E-state index in [1.165, 1.54) is 44.9 Å². The molecule has 0 heterocycles. The minimum atomic E-state index is 0.412. The van der Waals surface area contributed by atoms with Crippen LogP contribution in [0.25, 0.3) is 0 Å². The number of rotatable bonds is 9. The Hall–Kier alpha value is -0.0800. The van der Waals surface area contributed by atoms with Gasteiger partial charge < -0.3 is 11.5 Å². The zero-order valence-corrected chi connectivity index (χ0v) is 9.97. The van der Waals surface area contributed by atoms with Gasteiger partial charge in [-0.3, -0.25) is 0 Å². The van der Waals surface area contributed by atoms with Crippen molar-refractivity contribution in [3.63, 3.8) is 0 Å². The Balaban J connectivity index is 3.18. The number of nitrogens with two attached hydrogens (primary N) is 2. The molecule has 4 N–H and O–H groups in total. The predicted octanol–water partition coefficient (Wildman–Crippen LogP) is 2.66. The van der Waals surface area contributed by atoms with Gasteiger partial charge in [-0.1, -0.05) is 46.0 Å². The highest BCUT2D eigenvalue weighted by atomic mass is 14.6. The summed E-state index contributed by atoms with van der Waals surface area (Å²) in [7, 11) is 0. The molecule has 14 heavy (non-hydrogen) atoms. The summed E-state index contributed by atoms with van der Waals surface area (Å²) in [6.45, 7) is 5.30. The Morgan fingerprint density at radius 2 is 1.57 bits per heavy atom. The minimum Gasteiger partial charge on any atom is -0.330 e. The second kappa shape index (κ2) is 9.47. The smallest absolute Gasteiger partial charge is 0.00644 e. The van der Waals surface area contributed by atoms with Crippen molar-refractivity contribution in [2.45, 2.75) is 64.8 Å². The second-order valence-corrected chi connectivity index (χ2v) is 4.39. The van der Waals surface area contributed by atoms with Crippen LogP contribution in [0.4, 0.5) is 0 Å². The van der Waals surface area contributed by atoms with Gasteiger partial charge >= 0.3 is 0 Å². The summed E-state index contributed by atoms with van der Waals surface area (Å²) >= 11 is 0. The Morgan fingerprint density at radius 3 is 2.14 bits per heavy atom. The molecule has 0 rings (SSSR count). The van der Waals surface area contributed by atoms with Gasteiger partial charge in [-0.05, 0) is 25.3 Å². The van der Waals surface area contributed by atoms with Crippen molar-refractivity contribution in [2.24, 2.45) is 17.4 Å². The maximum absolute atomic E-state index is 6.05. The molecule has 0 fully saturated rings. The molecule has 2 nitrogen and oxygen atoms in total. The molecule has 86 valence electrons. The maximum atomic E-state index is 6.05. The SMILES string of the molecule is CCC(C)C(N)CCCCCCCN. The van der Waals surface area contributed by atoms with E-state index in [-0.39, 0.29) is 0 Å². The van der Waals surface area contributed by atoms with E-state index in [0.29, 0.717) is 12.0 Å². The first-order valence-corrected chi connectivity index (χ1v) is 6.18. The molecule has 2 unspecified atom stereocenters. The van der Waals surface area contributed by atoms with E-state index in [9.17, 15) is 0 Å². The molecule has 0 aromatic rings. The quantitative estimate of drug-likeness (QED) is 0.562. The van der Waals surface area contributed by atoms with Crippen molar-refractivity contribution in [3.05, 3.63) is 0 Å². The summed E-state index contributed by atoms with van der Waals surface area (Å²) < 4.78 is 0. The largest absolute Gasteiger partial charge is 0.330 e. The van der Waals surface area contributed by atoms with Crippen LogP contribution in [-0.4, -0.2) is 12.6 Å². The molecule has 0 saturated heterocycles. The van der Waals surface area contributed by atoms with E-state index >= 15 is 0 Å². The van der Waals surface area contributed by atoms with Crippen LogP contribution in [0.5, 0.6) is 0 Å². The van der Waals surface area contributed by atoms with Crippen LogP contribution in [0.15, 0.2) is 0 Å². The number of hydrogen-bond acceptors (Lipinski definition) is 2. The molecule has 0 amide bonds. The highest BCUT2D eigenvalue weighted by molar-refractivity contribution is 4.67. The molecule has 0 aromatic carbocycles. The fraction of sp³-hybridized carbons (Fsp3) is 1.00. The second-order valence-electron chi connectivity index (χ2n) is 4.39. The molecule has 0 aliphatic rings. The van der Waals surface area contributed by atoms with Crippen molar-refractivity contribution in [1.82, 2.24) is 0 Å². The normalized spacial score (nSPS) is 15.4. The van der Waals surface area contributed by atoms with Crippen LogP contribution >= 0.6 is 0 Å². The molecular weight excluding hydrogens is 172 g/mol. The van der Waals surface area contributed by atoms with Gasteiger partial charge in [0.15, 0.2) is 0 Å². The lowest BCUT2D eigenvalue weighted by Gasteiger charge is -2.17. The third kappa shape index (κ3) is 7.34. The van der Waals surface area contributed by atoms with Gasteiger partial charge in [-0.15, -0.1) is 0 Å². The molecular formula is C12H28N2. The summed E-state index contributed by atoms with van der Waals surface area (Å²) in [5, 5.41) is 0. The average molecular weight is 200 g/mol. The fourth-order valence-electron chi connectivity index (χ4n) is 1.64. The Kier molecular flexibility index (Phi) is 9.42. The zero-order chi connectivity index (χ0) is 10.8. The Bertz CT molecular complexity index is 115. The lowest BCUT2D eigenvalue weighted by Crippen LogP contribution is -2.27. The van der Waals surface area contributed by atoms with Gasteiger partial charge in [0.1, 0.15) is 0 Å². The molecule has 2 heteroatoms. The lowest BCUT2D eigenvalue weighted by molar-refractivity contribution is 0.403. The Labute approximate surface area is 89.4 Å². The molecule has 2 atom stereocenters. The van der Waals surface area contributed by atoms with Crippen molar-refractivity contribution >= 4 is 0 Å². The molecule has 0 aliphatic heterocycles. The maximum Gasteiger partial charge on any atom is 0.00644 e. The van der Waals surface area contributed by atoms with E-state index in [4.69, 9.17) is 11.5 Å². The standard InChI is InChI=1S/C12H28N2/c1-3-11(2)12(14)9-7-5-4-6-8-10-13/h11-12H,3-10,13-14H2,1-2H3. The van der Waals surface area contributed by atoms with Gasteiger partial charge in [0.2, 0.25) is 0 Å². The van der Waals surface area contributed by atoms with E-state index < -0.39 is 0 Å². The predicted molar refractivity (Wildman–Crippen MR) is 64.2 cm³/mol. The van der Waals surface area contributed by atoms with Crippen LogP contribution in [0.2, 0.25) is 0 Å². The topological polar surface area (TPSA) is 52.0 Å². The molecule has 0 bridgehead atoms. The third-order valence-electron chi connectivity index (χ3n) is 3.12. The van der Waals surface area contributed by atoms with Crippen LogP contribution in [-0.2, 0) is 0 Å². The van der Waals surface area contributed by atoms with Gasteiger partial charge in [-0.2, -0.15) is 0 Å². The van der Waals surface area contributed by atoms with E-state index in [1.54, 1.807) is 0 Å². The molecule has 0 saturated carbocycles. The highest BCUT2D eigenvalue weighted by Crippen LogP contribution is 2.13. The van der Waals surface area contributed by atoms with Crippen molar-refractivity contribution < 1.29 is 0 Å². The summed E-state index contributed by atoms with van der Waals surface area (Å²) in [5.41, 5.74) is 11.5. The van der Waals surface area contributed by atoms with E-state index in [1.807, 2.05) is 0 Å². The first kappa shape index (κ1) is 13.9. The highest BCUT2D eigenvalue weighted by Gasteiger charge is 2.09. The summed E-state index contributed by atoms with van der Waals surface area (Å²) in [4.78, 5) is 0. The molecule has 0 aromatic heterocycles. The summed E-state index contributed by atoms with van der Waals surface area (Å²) in [6.07, 6.45) is 8.79. The fourth-order valence-corrected chi connectivity index (χ4v) is 1.64. The minimum absolute atomic E-state index is 0.412. The third-order valence-corrected chi connectivity index (χ3v) is 3.12. The van der Waals surface area contributed by atoms with Crippen LogP contribution in [0.3, 0.4) is 0 Å². The molecule has 0 radical (unpaired) electrons. The van der Waals surface area contributed by atoms with Crippen molar-refractivity contribution in [1.29, 1.82) is 0 Å². The van der Waals surface area contributed by atoms with E-state index in [2.05, 4.69) is 13.8 Å². The van der Waals surface area contributed by atoms with Crippen molar-refractivity contribution in [3.8, 4) is 0 Å². The molecule has 0 aliphatic carbocycles. The first-order chi connectivity index (χ1) is 6.72. The monoisotopic (exact) mass is 200 g/mol. The molecule has 0 spiro atoms.